The molecule has 0 aliphatic rings. The summed E-state index contributed by atoms with van der Waals surface area (Å²) in [4.78, 5) is 15.0. The maximum absolute atomic E-state index is 11.0. The lowest BCUT2D eigenvalue weighted by Gasteiger charge is -2.04. The van der Waals surface area contributed by atoms with E-state index in [0.29, 0.717) is 24.3 Å². The summed E-state index contributed by atoms with van der Waals surface area (Å²) < 4.78 is 1.47. The third kappa shape index (κ3) is 2.13. The van der Waals surface area contributed by atoms with Crippen molar-refractivity contribution in [3.05, 3.63) is 30.2 Å². The van der Waals surface area contributed by atoms with Crippen molar-refractivity contribution >= 4 is 5.97 Å². The second-order valence-electron chi connectivity index (χ2n) is 3.35. The number of carbonyl (C=O) groups is 1. The van der Waals surface area contributed by atoms with Crippen LogP contribution in [0.2, 0.25) is 0 Å². The first-order valence-corrected chi connectivity index (χ1v) is 5.01. The predicted octanol–water partition coefficient (Wildman–Crippen LogP) is -0.00300. The van der Waals surface area contributed by atoms with Gasteiger partial charge in [0.2, 0.25) is 0 Å². The van der Waals surface area contributed by atoms with Crippen LogP contribution >= 0.6 is 0 Å². The molecule has 0 unspecified atom stereocenters. The fourth-order valence-electron chi connectivity index (χ4n) is 1.52. The standard InChI is InChI=1S/C10H11N5O2/c11-3-5-15-9(7-2-1-4-12-6-7)8(10(16)17)13-14-15/h1-2,4,6H,3,5,11H2,(H,16,17). The van der Waals surface area contributed by atoms with Gasteiger partial charge in [-0.15, -0.1) is 5.10 Å². The van der Waals surface area contributed by atoms with Gasteiger partial charge in [-0.3, -0.25) is 4.98 Å². The van der Waals surface area contributed by atoms with Gasteiger partial charge in [-0.2, -0.15) is 0 Å². The van der Waals surface area contributed by atoms with Crippen molar-refractivity contribution in [3.8, 4) is 11.3 Å². The summed E-state index contributed by atoms with van der Waals surface area (Å²) in [6.07, 6.45) is 3.18. The topological polar surface area (TPSA) is 107 Å². The van der Waals surface area contributed by atoms with Crippen LogP contribution in [-0.4, -0.2) is 37.6 Å². The minimum atomic E-state index is -1.12. The predicted molar refractivity (Wildman–Crippen MR) is 59.3 cm³/mol. The number of pyridine rings is 1. The highest BCUT2D eigenvalue weighted by molar-refractivity contribution is 5.92. The molecule has 2 aromatic rings. The van der Waals surface area contributed by atoms with Crippen LogP contribution in [0.25, 0.3) is 11.3 Å². The average molecular weight is 233 g/mol. The van der Waals surface area contributed by atoms with Gasteiger partial charge in [-0.05, 0) is 12.1 Å². The van der Waals surface area contributed by atoms with Gasteiger partial charge in [0.05, 0.1) is 6.54 Å². The van der Waals surface area contributed by atoms with Crippen molar-refractivity contribution < 1.29 is 9.90 Å². The maximum atomic E-state index is 11.0. The zero-order valence-corrected chi connectivity index (χ0v) is 8.95. The number of carboxylic acids is 1. The van der Waals surface area contributed by atoms with Gasteiger partial charge in [-0.1, -0.05) is 5.21 Å². The number of nitrogens with two attached hydrogens (primary N) is 1. The number of aromatic nitrogens is 4. The van der Waals surface area contributed by atoms with E-state index in [4.69, 9.17) is 10.8 Å². The molecule has 0 aromatic carbocycles. The fourth-order valence-corrected chi connectivity index (χ4v) is 1.52. The molecule has 2 rings (SSSR count). The summed E-state index contributed by atoms with van der Waals surface area (Å²) in [5.41, 5.74) is 6.43. The van der Waals surface area contributed by atoms with Crippen LogP contribution in [0.4, 0.5) is 0 Å². The fraction of sp³-hybridized carbons (Fsp3) is 0.200. The summed E-state index contributed by atoms with van der Waals surface area (Å²) in [6, 6.07) is 3.48. The van der Waals surface area contributed by atoms with Gasteiger partial charge in [-0.25, -0.2) is 9.48 Å². The highest BCUT2D eigenvalue weighted by Gasteiger charge is 2.20. The molecule has 88 valence electrons. The van der Waals surface area contributed by atoms with E-state index in [9.17, 15) is 4.79 Å². The summed E-state index contributed by atoms with van der Waals surface area (Å²) in [6.45, 7) is 0.764. The van der Waals surface area contributed by atoms with E-state index in [0.717, 1.165) is 0 Å². The average Bonchev–Trinajstić information content (AvgIpc) is 2.74. The van der Waals surface area contributed by atoms with Crippen LogP contribution < -0.4 is 5.73 Å². The summed E-state index contributed by atoms with van der Waals surface area (Å²) in [5.74, 6) is -1.12. The molecule has 0 saturated carbocycles. The zero-order valence-electron chi connectivity index (χ0n) is 8.95. The largest absolute Gasteiger partial charge is 0.476 e. The number of hydrogen-bond donors (Lipinski definition) is 2. The Hall–Kier alpha value is -2.28. The second kappa shape index (κ2) is 4.71. The van der Waals surface area contributed by atoms with Crippen molar-refractivity contribution in [1.29, 1.82) is 0 Å². The molecule has 0 aliphatic heterocycles. The van der Waals surface area contributed by atoms with Crippen LogP contribution in [0.15, 0.2) is 24.5 Å². The number of rotatable bonds is 4. The smallest absolute Gasteiger partial charge is 0.358 e. The molecule has 0 radical (unpaired) electrons. The molecule has 2 heterocycles. The molecule has 0 saturated heterocycles. The Labute approximate surface area is 96.9 Å². The van der Waals surface area contributed by atoms with Crippen molar-refractivity contribution in [2.75, 3.05) is 6.54 Å². The minimum absolute atomic E-state index is 0.0912. The van der Waals surface area contributed by atoms with Gasteiger partial charge in [0.15, 0.2) is 5.69 Å². The van der Waals surface area contributed by atoms with Crippen LogP contribution in [0.5, 0.6) is 0 Å². The Morgan fingerprint density at radius 2 is 2.35 bits per heavy atom. The SMILES string of the molecule is NCCn1nnc(C(=O)O)c1-c1cccnc1. The molecule has 0 amide bonds. The van der Waals surface area contributed by atoms with Gasteiger partial charge in [0.1, 0.15) is 5.69 Å². The Bertz CT molecular complexity index is 523. The molecule has 17 heavy (non-hydrogen) atoms. The monoisotopic (exact) mass is 233 g/mol. The third-order valence-corrected chi connectivity index (χ3v) is 2.21. The van der Waals surface area contributed by atoms with Crippen molar-refractivity contribution in [1.82, 2.24) is 20.0 Å². The summed E-state index contributed by atoms with van der Waals surface area (Å²) in [7, 11) is 0. The molecule has 0 fully saturated rings. The number of nitrogens with zero attached hydrogens (tertiary/aromatic N) is 4. The molecule has 0 aliphatic carbocycles. The lowest BCUT2D eigenvalue weighted by Crippen LogP contribution is -2.13. The van der Waals surface area contributed by atoms with E-state index in [2.05, 4.69) is 15.3 Å². The van der Waals surface area contributed by atoms with Crippen molar-refractivity contribution in [2.24, 2.45) is 5.73 Å². The first kappa shape index (κ1) is 11.2. The van der Waals surface area contributed by atoms with Gasteiger partial charge in [0, 0.05) is 24.5 Å². The highest BCUT2D eigenvalue weighted by Crippen LogP contribution is 2.20. The molecule has 0 atom stereocenters. The Kier molecular flexibility index (Phi) is 3.10. The summed E-state index contributed by atoms with van der Waals surface area (Å²) in [5, 5.41) is 16.5. The minimum Gasteiger partial charge on any atom is -0.476 e. The van der Waals surface area contributed by atoms with Crippen LogP contribution in [-0.2, 0) is 6.54 Å². The van der Waals surface area contributed by atoms with E-state index >= 15 is 0 Å². The van der Waals surface area contributed by atoms with Crippen LogP contribution in [0, 0.1) is 0 Å². The summed E-state index contributed by atoms with van der Waals surface area (Å²) >= 11 is 0. The van der Waals surface area contributed by atoms with Gasteiger partial charge < -0.3 is 10.8 Å². The molecule has 0 spiro atoms. The van der Waals surface area contributed by atoms with Gasteiger partial charge in [0.25, 0.3) is 0 Å². The van der Waals surface area contributed by atoms with E-state index in [-0.39, 0.29) is 5.69 Å². The Morgan fingerprint density at radius 1 is 1.53 bits per heavy atom. The molecule has 2 aromatic heterocycles. The highest BCUT2D eigenvalue weighted by atomic mass is 16.4. The maximum Gasteiger partial charge on any atom is 0.358 e. The Morgan fingerprint density at radius 3 is 2.94 bits per heavy atom. The molecular weight excluding hydrogens is 222 g/mol. The van der Waals surface area contributed by atoms with E-state index < -0.39 is 5.97 Å². The first-order chi connectivity index (χ1) is 8.24. The number of hydrogen-bond acceptors (Lipinski definition) is 5. The third-order valence-electron chi connectivity index (χ3n) is 2.21. The quantitative estimate of drug-likeness (QED) is 0.769. The van der Waals surface area contributed by atoms with E-state index in [1.165, 1.54) is 4.68 Å². The molecule has 3 N–H and O–H groups in total. The lowest BCUT2D eigenvalue weighted by atomic mass is 10.1. The van der Waals surface area contributed by atoms with E-state index in [1.807, 2.05) is 0 Å². The lowest BCUT2D eigenvalue weighted by molar-refractivity contribution is 0.0691. The number of carboxylic acid groups (broad SMARTS) is 1. The van der Waals surface area contributed by atoms with Crippen molar-refractivity contribution in [3.63, 3.8) is 0 Å². The molecule has 0 bridgehead atoms. The van der Waals surface area contributed by atoms with E-state index in [1.54, 1.807) is 24.5 Å². The zero-order chi connectivity index (χ0) is 12.3. The van der Waals surface area contributed by atoms with Crippen molar-refractivity contribution in [2.45, 2.75) is 6.54 Å². The molecular formula is C10H11N5O2. The number of aromatic carboxylic acids is 1. The van der Waals surface area contributed by atoms with Crippen LogP contribution in [0.3, 0.4) is 0 Å². The second-order valence-corrected chi connectivity index (χ2v) is 3.35. The van der Waals surface area contributed by atoms with Gasteiger partial charge >= 0.3 is 5.97 Å². The normalized spacial score (nSPS) is 10.4. The Balaban J connectivity index is 2.56. The first-order valence-electron chi connectivity index (χ1n) is 5.01. The molecule has 7 heteroatoms. The van der Waals surface area contributed by atoms with Crippen LogP contribution in [0.1, 0.15) is 10.5 Å². The molecule has 7 nitrogen and oxygen atoms in total.